The van der Waals surface area contributed by atoms with Gasteiger partial charge in [0.2, 0.25) is 0 Å². The first-order valence-electron chi connectivity index (χ1n) is 5.33. The van der Waals surface area contributed by atoms with Crippen LogP contribution in [0.4, 0.5) is 4.39 Å². The van der Waals surface area contributed by atoms with Crippen molar-refractivity contribution in [2.75, 3.05) is 18.1 Å². The summed E-state index contributed by atoms with van der Waals surface area (Å²) in [4.78, 5) is 0. The predicted octanol–water partition coefficient (Wildman–Crippen LogP) is 3.01. The molecule has 0 aliphatic rings. The zero-order chi connectivity index (χ0) is 12.0. The van der Waals surface area contributed by atoms with Crippen molar-refractivity contribution < 1.29 is 14.2 Å². The molecular formula is C12H17FO2S. The third-order valence-corrected chi connectivity index (χ3v) is 2.97. The van der Waals surface area contributed by atoms with Gasteiger partial charge in [-0.3, -0.25) is 0 Å². The fourth-order valence-electron chi connectivity index (χ4n) is 1.33. The lowest BCUT2D eigenvalue weighted by atomic mass is 10.1. The van der Waals surface area contributed by atoms with Gasteiger partial charge >= 0.3 is 0 Å². The molecule has 1 rings (SSSR count). The molecule has 0 heterocycles. The van der Waals surface area contributed by atoms with Crippen LogP contribution < -0.4 is 4.74 Å². The van der Waals surface area contributed by atoms with Gasteiger partial charge in [-0.05, 0) is 30.9 Å². The molecule has 1 aromatic rings. The molecule has 0 bridgehead atoms. The molecule has 0 radical (unpaired) electrons. The molecular weight excluding hydrogens is 227 g/mol. The quantitative estimate of drug-likeness (QED) is 0.780. The molecule has 1 atom stereocenters. The number of hydrogen-bond donors (Lipinski definition) is 1. The van der Waals surface area contributed by atoms with Crippen molar-refractivity contribution in [2.24, 2.45) is 0 Å². The van der Waals surface area contributed by atoms with Crippen LogP contribution in [0.15, 0.2) is 18.2 Å². The van der Waals surface area contributed by atoms with Crippen LogP contribution >= 0.6 is 11.8 Å². The number of rotatable bonds is 6. The van der Waals surface area contributed by atoms with Gasteiger partial charge in [0, 0.05) is 11.3 Å². The Labute approximate surface area is 99.8 Å². The maximum absolute atomic E-state index is 13.0. The van der Waals surface area contributed by atoms with E-state index in [1.807, 2.05) is 0 Å². The Hall–Kier alpha value is -0.740. The largest absolute Gasteiger partial charge is 0.492 e. The van der Waals surface area contributed by atoms with Gasteiger partial charge in [0.25, 0.3) is 0 Å². The van der Waals surface area contributed by atoms with Crippen molar-refractivity contribution >= 4 is 11.8 Å². The van der Waals surface area contributed by atoms with Crippen LogP contribution in [0.5, 0.6) is 5.75 Å². The molecule has 0 saturated carbocycles. The molecule has 90 valence electrons. The van der Waals surface area contributed by atoms with E-state index in [4.69, 9.17) is 4.74 Å². The van der Waals surface area contributed by atoms with Gasteiger partial charge in [0.1, 0.15) is 11.6 Å². The van der Waals surface area contributed by atoms with Gasteiger partial charge in [0.15, 0.2) is 0 Å². The van der Waals surface area contributed by atoms with Crippen LogP contribution in [0, 0.1) is 5.82 Å². The molecule has 0 fully saturated rings. The first-order chi connectivity index (χ1) is 7.65. The summed E-state index contributed by atoms with van der Waals surface area (Å²) >= 11 is 1.78. The van der Waals surface area contributed by atoms with Crippen molar-refractivity contribution in [1.29, 1.82) is 0 Å². The minimum absolute atomic E-state index is 0.355. The van der Waals surface area contributed by atoms with E-state index >= 15 is 0 Å². The summed E-state index contributed by atoms with van der Waals surface area (Å²) in [5.74, 6) is 2.16. The summed E-state index contributed by atoms with van der Waals surface area (Å²) < 4.78 is 18.5. The number of hydrogen-bond acceptors (Lipinski definition) is 3. The van der Waals surface area contributed by atoms with Gasteiger partial charge in [-0.25, -0.2) is 4.39 Å². The van der Waals surface area contributed by atoms with E-state index < -0.39 is 6.10 Å². The highest BCUT2D eigenvalue weighted by Gasteiger charge is 2.10. The van der Waals surface area contributed by atoms with E-state index in [9.17, 15) is 9.50 Å². The van der Waals surface area contributed by atoms with Crippen molar-refractivity contribution in [3.05, 3.63) is 29.6 Å². The van der Waals surface area contributed by atoms with E-state index in [2.05, 4.69) is 6.92 Å². The van der Waals surface area contributed by atoms with Gasteiger partial charge < -0.3 is 9.84 Å². The average molecular weight is 244 g/mol. The zero-order valence-electron chi connectivity index (χ0n) is 9.57. The topological polar surface area (TPSA) is 29.5 Å². The Kier molecular flexibility index (Phi) is 5.63. The molecule has 0 saturated heterocycles. The monoisotopic (exact) mass is 244 g/mol. The third-order valence-electron chi connectivity index (χ3n) is 2.11. The highest BCUT2D eigenvalue weighted by Crippen LogP contribution is 2.26. The molecule has 1 N–H and O–H groups in total. The average Bonchev–Trinajstić information content (AvgIpc) is 2.26. The van der Waals surface area contributed by atoms with Crippen molar-refractivity contribution in [3.63, 3.8) is 0 Å². The third kappa shape index (κ3) is 4.02. The Morgan fingerprint density at radius 1 is 1.50 bits per heavy atom. The molecule has 0 unspecified atom stereocenters. The molecule has 0 aromatic heterocycles. The van der Waals surface area contributed by atoms with Crippen LogP contribution in [0.3, 0.4) is 0 Å². The Bertz CT molecular complexity index is 329. The lowest BCUT2D eigenvalue weighted by Gasteiger charge is -2.13. The van der Waals surface area contributed by atoms with Crippen LogP contribution in [-0.4, -0.2) is 23.2 Å². The molecule has 0 spiro atoms. The molecule has 4 heteroatoms. The normalized spacial score (nSPS) is 12.5. The molecule has 2 nitrogen and oxygen atoms in total. The summed E-state index contributed by atoms with van der Waals surface area (Å²) in [5, 5.41) is 9.48. The number of aliphatic hydroxyl groups excluding tert-OH is 1. The SMILES string of the molecule is CCSCCOc1ccc(F)cc1[C@H](C)O. The summed E-state index contributed by atoms with van der Waals surface area (Å²) in [5.41, 5.74) is 0.501. The fourth-order valence-corrected chi connectivity index (χ4v) is 1.82. The van der Waals surface area contributed by atoms with Gasteiger partial charge in [-0.1, -0.05) is 6.92 Å². The van der Waals surface area contributed by atoms with Crippen LogP contribution in [-0.2, 0) is 0 Å². The number of ether oxygens (including phenoxy) is 1. The number of thioether (sulfide) groups is 1. The lowest BCUT2D eigenvalue weighted by Crippen LogP contribution is -2.04. The van der Waals surface area contributed by atoms with Crippen molar-refractivity contribution in [3.8, 4) is 5.75 Å². The maximum atomic E-state index is 13.0. The number of aliphatic hydroxyl groups is 1. The zero-order valence-corrected chi connectivity index (χ0v) is 10.4. The summed E-state index contributed by atoms with van der Waals surface area (Å²) in [6.07, 6.45) is -0.718. The summed E-state index contributed by atoms with van der Waals surface area (Å²) in [6, 6.07) is 4.22. The highest BCUT2D eigenvalue weighted by atomic mass is 32.2. The van der Waals surface area contributed by atoms with Crippen LogP contribution in [0.1, 0.15) is 25.5 Å². The number of benzene rings is 1. The molecule has 1 aromatic carbocycles. The molecule has 0 amide bonds. The van der Waals surface area contributed by atoms with E-state index in [1.165, 1.54) is 12.1 Å². The minimum Gasteiger partial charge on any atom is -0.492 e. The molecule has 0 aliphatic carbocycles. The standard InChI is InChI=1S/C12H17FO2S/c1-3-16-7-6-15-12-5-4-10(13)8-11(12)9(2)14/h4-5,8-9,14H,3,6-7H2,1-2H3/t9-/m0/s1. The minimum atomic E-state index is -0.718. The second-order valence-electron chi connectivity index (χ2n) is 3.40. The van der Waals surface area contributed by atoms with Crippen LogP contribution in [0.2, 0.25) is 0 Å². The van der Waals surface area contributed by atoms with E-state index in [-0.39, 0.29) is 5.82 Å². The number of halogens is 1. The Morgan fingerprint density at radius 3 is 2.88 bits per heavy atom. The lowest BCUT2D eigenvalue weighted by molar-refractivity contribution is 0.191. The predicted molar refractivity (Wildman–Crippen MR) is 65.5 cm³/mol. The maximum Gasteiger partial charge on any atom is 0.125 e. The van der Waals surface area contributed by atoms with E-state index in [0.29, 0.717) is 17.9 Å². The molecule has 0 aliphatic heterocycles. The van der Waals surface area contributed by atoms with E-state index in [1.54, 1.807) is 24.8 Å². The first-order valence-corrected chi connectivity index (χ1v) is 6.48. The van der Waals surface area contributed by atoms with Gasteiger partial charge in [-0.2, -0.15) is 11.8 Å². The summed E-state index contributed by atoms with van der Waals surface area (Å²) in [7, 11) is 0. The Morgan fingerprint density at radius 2 is 2.25 bits per heavy atom. The van der Waals surface area contributed by atoms with E-state index in [0.717, 1.165) is 11.5 Å². The van der Waals surface area contributed by atoms with Crippen LogP contribution in [0.25, 0.3) is 0 Å². The van der Waals surface area contributed by atoms with Gasteiger partial charge in [0.05, 0.1) is 12.7 Å². The highest BCUT2D eigenvalue weighted by molar-refractivity contribution is 7.99. The second-order valence-corrected chi connectivity index (χ2v) is 4.80. The smallest absolute Gasteiger partial charge is 0.125 e. The van der Waals surface area contributed by atoms with Crippen molar-refractivity contribution in [2.45, 2.75) is 20.0 Å². The molecule has 16 heavy (non-hydrogen) atoms. The van der Waals surface area contributed by atoms with Crippen molar-refractivity contribution in [1.82, 2.24) is 0 Å². The Balaban J connectivity index is 2.64. The second kappa shape index (κ2) is 6.76. The van der Waals surface area contributed by atoms with Gasteiger partial charge in [-0.15, -0.1) is 0 Å². The first kappa shape index (κ1) is 13.3. The summed E-state index contributed by atoms with van der Waals surface area (Å²) in [6.45, 7) is 4.26. The fraction of sp³-hybridized carbons (Fsp3) is 0.500.